The topological polar surface area (TPSA) is 134 Å². The number of pyridine rings is 1. The third-order valence-electron chi connectivity index (χ3n) is 2.31. The predicted octanol–water partition coefficient (Wildman–Crippen LogP) is 0.602. The second-order valence-electron chi connectivity index (χ2n) is 5.28. The van der Waals surface area contributed by atoms with Gasteiger partial charge in [-0.05, 0) is 20.8 Å². The number of hydrogen-bond donors (Lipinski definition) is 3. The van der Waals surface area contributed by atoms with Crippen molar-refractivity contribution in [2.75, 3.05) is 0 Å². The third-order valence-corrected chi connectivity index (χ3v) is 3.88. The molecule has 0 saturated carbocycles. The van der Waals surface area contributed by atoms with E-state index < -0.39 is 47.2 Å². The van der Waals surface area contributed by atoms with Gasteiger partial charge in [0.25, 0.3) is 0 Å². The van der Waals surface area contributed by atoms with E-state index in [0.29, 0.717) is 6.07 Å². The van der Waals surface area contributed by atoms with E-state index in [0.717, 1.165) is 0 Å². The van der Waals surface area contributed by atoms with E-state index in [4.69, 9.17) is 9.11 Å². The Morgan fingerprint density at radius 1 is 1.19 bits per heavy atom. The molecule has 0 aliphatic rings. The molecule has 120 valence electrons. The normalized spacial score (nSPS) is 13.4. The first-order valence-electron chi connectivity index (χ1n) is 5.61. The molecule has 1 aromatic rings. The molecular formula is C10H15FN2O6S2. The molecule has 0 unspecified atom stereocenters. The molecule has 0 saturated heterocycles. The van der Waals surface area contributed by atoms with Crippen LogP contribution in [0, 0.1) is 5.82 Å². The van der Waals surface area contributed by atoms with Crippen molar-refractivity contribution < 1.29 is 30.3 Å². The lowest BCUT2D eigenvalue weighted by Crippen LogP contribution is -2.36. The molecule has 1 aromatic heterocycles. The second-order valence-corrected chi connectivity index (χ2v) is 7.98. The van der Waals surface area contributed by atoms with Crippen molar-refractivity contribution >= 4 is 20.2 Å². The Kier molecular flexibility index (Phi) is 4.75. The van der Waals surface area contributed by atoms with E-state index in [2.05, 4.69) is 10.3 Å². The van der Waals surface area contributed by atoms with Gasteiger partial charge in [-0.2, -0.15) is 16.8 Å². The number of aromatic nitrogens is 1. The molecular weight excluding hydrogens is 327 g/mol. The monoisotopic (exact) mass is 342 g/mol. The summed E-state index contributed by atoms with van der Waals surface area (Å²) in [7, 11) is -9.89. The van der Waals surface area contributed by atoms with Crippen molar-refractivity contribution in [3.05, 3.63) is 17.4 Å². The molecule has 0 aliphatic heterocycles. The summed E-state index contributed by atoms with van der Waals surface area (Å²) in [4.78, 5) is 3.12. The van der Waals surface area contributed by atoms with E-state index in [-0.39, 0.29) is 6.54 Å². The number of rotatable bonds is 4. The molecule has 1 heterocycles. The van der Waals surface area contributed by atoms with Crippen LogP contribution in [0.15, 0.2) is 16.1 Å². The zero-order valence-corrected chi connectivity index (χ0v) is 13.1. The maximum atomic E-state index is 13.9. The van der Waals surface area contributed by atoms with Crippen LogP contribution in [0.1, 0.15) is 26.3 Å². The fourth-order valence-corrected chi connectivity index (χ4v) is 2.57. The van der Waals surface area contributed by atoms with E-state index in [9.17, 15) is 21.2 Å². The van der Waals surface area contributed by atoms with Crippen LogP contribution in [-0.4, -0.2) is 36.5 Å². The Labute approximate surface area is 121 Å². The largest absolute Gasteiger partial charge is 0.312 e. The van der Waals surface area contributed by atoms with Crippen molar-refractivity contribution in [1.82, 2.24) is 10.3 Å². The molecule has 0 bridgehead atoms. The third kappa shape index (κ3) is 4.97. The van der Waals surface area contributed by atoms with Crippen molar-refractivity contribution in [1.29, 1.82) is 0 Å². The summed E-state index contributed by atoms with van der Waals surface area (Å²) in [5.74, 6) is -1.23. The quantitative estimate of drug-likeness (QED) is 0.677. The van der Waals surface area contributed by atoms with Crippen molar-refractivity contribution in [2.24, 2.45) is 0 Å². The van der Waals surface area contributed by atoms with E-state index in [1.807, 2.05) is 0 Å². The lowest BCUT2D eigenvalue weighted by molar-refractivity contribution is 0.409. The lowest BCUT2D eigenvalue weighted by Gasteiger charge is -2.21. The zero-order valence-electron chi connectivity index (χ0n) is 11.5. The summed E-state index contributed by atoms with van der Waals surface area (Å²) < 4.78 is 76.1. The van der Waals surface area contributed by atoms with Gasteiger partial charge in [0.05, 0.1) is 0 Å². The van der Waals surface area contributed by atoms with Crippen LogP contribution in [0.2, 0.25) is 0 Å². The zero-order chi connectivity index (χ0) is 16.6. The van der Waals surface area contributed by atoms with Gasteiger partial charge in [0.2, 0.25) is 0 Å². The van der Waals surface area contributed by atoms with Gasteiger partial charge in [-0.15, -0.1) is 0 Å². The van der Waals surface area contributed by atoms with Crippen molar-refractivity contribution in [2.45, 2.75) is 42.9 Å². The van der Waals surface area contributed by atoms with Crippen LogP contribution in [-0.2, 0) is 26.8 Å². The molecule has 1 rings (SSSR count). The molecule has 11 heteroatoms. The Bertz CT molecular complexity index is 752. The average Bonchev–Trinajstić information content (AvgIpc) is 2.22. The van der Waals surface area contributed by atoms with Gasteiger partial charge in [-0.1, -0.05) is 0 Å². The number of hydrogen-bond acceptors (Lipinski definition) is 6. The second kappa shape index (κ2) is 5.57. The molecule has 0 spiro atoms. The van der Waals surface area contributed by atoms with E-state index >= 15 is 0 Å². The lowest BCUT2D eigenvalue weighted by atomic mass is 10.1. The van der Waals surface area contributed by atoms with Crippen molar-refractivity contribution in [3.63, 3.8) is 0 Å². The van der Waals surface area contributed by atoms with Gasteiger partial charge < -0.3 is 5.32 Å². The first-order chi connectivity index (χ1) is 9.22. The van der Waals surface area contributed by atoms with Gasteiger partial charge in [0, 0.05) is 23.7 Å². The fraction of sp³-hybridized carbons (Fsp3) is 0.500. The smallest absolute Gasteiger partial charge is 0.308 e. The van der Waals surface area contributed by atoms with Gasteiger partial charge in [-0.25, -0.2) is 9.37 Å². The number of nitrogens with one attached hydrogen (secondary N) is 1. The molecule has 0 aromatic carbocycles. The summed E-state index contributed by atoms with van der Waals surface area (Å²) in [6.45, 7) is 4.89. The first kappa shape index (κ1) is 17.9. The van der Waals surface area contributed by atoms with Gasteiger partial charge in [0.1, 0.15) is 5.82 Å². The molecule has 0 atom stereocenters. The highest BCUT2D eigenvalue weighted by atomic mass is 32.2. The molecule has 21 heavy (non-hydrogen) atoms. The minimum Gasteiger partial charge on any atom is -0.308 e. The average molecular weight is 342 g/mol. The van der Waals surface area contributed by atoms with Crippen LogP contribution in [0.3, 0.4) is 0 Å². The number of halogens is 1. The SMILES string of the molecule is CC(C)(C)NCc1c(F)cc(S(=O)(=O)O)nc1S(=O)(=O)O. The van der Waals surface area contributed by atoms with Crippen LogP contribution in [0.4, 0.5) is 4.39 Å². The first-order valence-corrected chi connectivity index (χ1v) is 8.49. The predicted molar refractivity (Wildman–Crippen MR) is 70.4 cm³/mol. The summed E-state index contributed by atoms with van der Waals surface area (Å²) in [6, 6.07) is 0.379. The Hall–Kier alpha value is -1.14. The Morgan fingerprint density at radius 2 is 1.71 bits per heavy atom. The minimum absolute atomic E-state index is 0.316. The Balaban J connectivity index is 3.51. The standard InChI is InChI=1S/C10H15FN2O6S2/c1-10(2,3)12-5-6-7(11)4-8(20(14,15)16)13-9(6)21(17,18)19/h4,12H,5H2,1-3H3,(H,14,15,16)(H,17,18,19). The summed E-state index contributed by atoms with van der Waals surface area (Å²) >= 11 is 0. The maximum absolute atomic E-state index is 13.9. The Morgan fingerprint density at radius 3 is 2.10 bits per heavy atom. The summed E-state index contributed by atoms with van der Waals surface area (Å²) in [5.41, 5.74) is -1.02. The molecule has 0 fully saturated rings. The highest BCUT2D eigenvalue weighted by Gasteiger charge is 2.26. The fourth-order valence-electron chi connectivity index (χ4n) is 1.36. The molecule has 0 amide bonds. The molecule has 0 radical (unpaired) electrons. The highest BCUT2D eigenvalue weighted by Crippen LogP contribution is 2.21. The van der Waals surface area contributed by atoms with Gasteiger partial charge in [0.15, 0.2) is 10.1 Å². The number of nitrogens with zero attached hydrogens (tertiary/aromatic N) is 1. The highest BCUT2D eigenvalue weighted by molar-refractivity contribution is 7.86. The summed E-state index contributed by atoms with van der Waals surface area (Å²) in [6.07, 6.45) is 0. The minimum atomic E-state index is -4.97. The molecule has 3 N–H and O–H groups in total. The van der Waals surface area contributed by atoms with E-state index in [1.54, 1.807) is 20.8 Å². The van der Waals surface area contributed by atoms with Crippen LogP contribution >= 0.6 is 0 Å². The van der Waals surface area contributed by atoms with Crippen molar-refractivity contribution in [3.8, 4) is 0 Å². The van der Waals surface area contributed by atoms with Crippen LogP contribution in [0.25, 0.3) is 0 Å². The van der Waals surface area contributed by atoms with Gasteiger partial charge >= 0.3 is 20.2 Å². The van der Waals surface area contributed by atoms with E-state index in [1.165, 1.54) is 0 Å². The summed E-state index contributed by atoms with van der Waals surface area (Å²) in [5, 5.41) is 0.420. The molecule has 8 nitrogen and oxygen atoms in total. The van der Waals surface area contributed by atoms with Gasteiger partial charge in [-0.3, -0.25) is 9.11 Å². The van der Waals surface area contributed by atoms with Crippen LogP contribution < -0.4 is 5.32 Å². The van der Waals surface area contributed by atoms with Crippen LogP contribution in [0.5, 0.6) is 0 Å². The molecule has 0 aliphatic carbocycles. The maximum Gasteiger partial charge on any atom is 0.312 e.